The SMILES string of the molecule is CN(c1ccc(F)c(F)c1)S(=O)(=O)Cc1ccc(Cl)nc1. The molecule has 0 bridgehead atoms. The standard InChI is InChI=1S/C13H11ClF2N2O2S/c1-18(10-3-4-11(15)12(16)6-10)21(19,20)8-9-2-5-13(14)17-7-9/h2-7H,8H2,1H3. The zero-order chi connectivity index (χ0) is 15.6. The third kappa shape index (κ3) is 3.68. The van der Waals surface area contributed by atoms with E-state index < -0.39 is 21.7 Å². The largest absolute Gasteiger partial charge is 0.273 e. The molecule has 0 aliphatic rings. The maximum absolute atomic E-state index is 13.2. The van der Waals surface area contributed by atoms with Crippen LogP contribution in [0.1, 0.15) is 5.56 Å². The maximum Gasteiger partial charge on any atom is 0.239 e. The van der Waals surface area contributed by atoms with E-state index in [1.54, 1.807) is 0 Å². The molecule has 1 aromatic carbocycles. The van der Waals surface area contributed by atoms with E-state index in [4.69, 9.17) is 11.6 Å². The van der Waals surface area contributed by atoms with Crippen LogP contribution in [0, 0.1) is 11.6 Å². The lowest BCUT2D eigenvalue weighted by Gasteiger charge is -2.19. The van der Waals surface area contributed by atoms with Crippen LogP contribution >= 0.6 is 11.6 Å². The van der Waals surface area contributed by atoms with Crippen LogP contribution in [0.5, 0.6) is 0 Å². The zero-order valence-corrected chi connectivity index (χ0v) is 12.5. The highest BCUT2D eigenvalue weighted by molar-refractivity contribution is 7.92. The van der Waals surface area contributed by atoms with Crippen molar-refractivity contribution < 1.29 is 17.2 Å². The molecule has 8 heteroatoms. The minimum absolute atomic E-state index is 0.0378. The zero-order valence-electron chi connectivity index (χ0n) is 10.9. The smallest absolute Gasteiger partial charge is 0.239 e. The number of sulfonamides is 1. The molecule has 4 nitrogen and oxygen atoms in total. The van der Waals surface area contributed by atoms with E-state index >= 15 is 0 Å². The van der Waals surface area contributed by atoms with Crippen molar-refractivity contribution in [3.8, 4) is 0 Å². The van der Waals surface area contributed by atoms with Crippen molar-refractivity contribution in [2.45, 2.75) is 5.75 Å². The predicted octanol–water partition coefficient (Wildman–Crippen LogP) is 2.98. The lowest BCUT2D eigenvalue weighted by molar-refractivity contribution is 0.509. The topological polar surface area (TPSA) is 50.3 Å². The molecule has 21 heavy (non-hydrogen) atoms. The normalized spacial score (nSPS) is 11.4. The first-order valence-corrected chi connectivity index (χ1v) is 7.80. The van der Waals surface area contributed by atoms with Gasteiger partial charge in [-0.2, -0.15) is 0 Å². The molecule has 0 spiro atoms. The molecule has 112 valence electrons. The number of halogens is 3. The number of pyridine rings is 1. The van der Waals surface area contributed by atoms with E-state index in [1.165, 1.54) is 31.4 Å². The summed E-state index contributed by atoms with van der Waals surface area (Å²) in [5.74, 6) is -2.47. The van der Waals surface area contributed by atoms with E-state index in [-0.39, 0.29) is 16.6 Å². The van der Waals surface area contributed by atoms with Gasteiger partial charge in [0.2, 0.25) is 10.0 Å². The predicted molar refractivity (Wildman–Crippen MR) is 76.6 cm³/mol. The van der Waals surface area contributed by atoms with Gasteiger partial charge in [0.25, 0.3) is 0 Å². The van der Waals surface area contributed by atoms with E-state index in [0.717, 1.165) is 16.4 Å². The van der Waals surface area contributed by atoms with Crippen LogP contribution in [-0.4, -0.2) is 20.4 Å². The molecule has 1 aromatic heterocycles. The molecule has 1 heterocycles. The fourth-order valence-corrected chi connectivity index (χ4v) is 2.97. The summed E-state index contributed by atoms with van der Waals surface area (Å²) in [6.07, 6.45) is 1.35. The van der Waals surface area contributed by atoms with Crippen LogP contribution in [0.4, 0.5) is 14.5 Å². The van der Waals surface area contributed by atoms with Crippen molar-refractivity contribution in [2.75, 3.05) is 11.4 Å². The first kappa shape index (κ1) is 15.7. The quantitative estimate of drug-likeness (QED) is 0.809. The summed E-state index contributed by atoms with van der Waals surface area (Å²) in [6, 6.07) is 5.90. The monoisotopic (exact) mass is 332 g/mol. The molecule has 0 saturated heterocycles. The fraction of sp³-hybridized carbons (Fsp3) is 0.154. The average molecular weight is 333 g/mol. The molecule has 0 fully saturated rings. The second kappa shape index (κ2) is 5.95. The molecular formula is C13H11ClF2N2O2S. The number of hydrogen-bond donors (Lipinski definition) is 0. The molecule has 0 saturated carbocycles. The molecule has 0 amide bonds. The lowest BCUT2D eigenvalue weighted by atomic mass is 10.3. The van der Waals surface area contributed by atoms with Gasteiger partial charge in [0.15, 0.2) is 11.6 Å². The van der Waals surface area contributed by atoms with Crippen LogP contribution in [-0.2, 0) is 15.8 Å². The molecular weight excluding hydrogens is 322 g/mol. The van der Waals surface area contributed by atoms with Gasteiger partial charge in [-0.1, -0.05) is 17.7 Å². The summed E-state index contributed by atoms with van der Waals surface area (Å²) in [5, 5.41) is 0.255. The second-order valence-corrected chi connectivity index (χ2v) is 6.70. The molecule has 0 aliphatic carbocycles. The molecule has 2 aromatic rings. The van der Waals surface area contributed by atoms with E-state index in [9.17, 15) is 17.2 Å². The van der Waals surface area contributed by atoms with Crippen molar-refractivity contribution in [3.63, 3.8) is 0 Å². The highest BCUT2D eigenvalue weighted by atomic mass is 35.5. The summed E-state index contributed by atoms with van der Waals surface area (Å²) in [5.41, 5.74) is 0.477. The highest BCUT2D eigenvalue weighted by Gasteiger charge is 2.20. The first-order valence-electron chi connectivity index (χ1n) is 5.82. The average Bonchev–Trinajstić information content (AvgIpc) is 2.43. The Balaban J connectivity index is 2.25. The first-order chi connectivity index (χ1) is 9.79. The molecule has 0 radical (unpaired) electrons. The number of nitrogens with zero attached hydrogens (tertiary/aromatic N) is 2. The van der Waals surface area contributed by atoms with Crippen LogP contribution in [0.25, 0.3) is 0 Å². The van der Waals surface area contributed by atoms with Crippen LogP contribution in [0.15, 0.2) is 36.5 Å². The maximum atomic E-state index is 13.2. The number of aromatic nitrogens is 1. The summed E-state index contributed by atoms with van der Waals surface area (Å²) in [7, 11) is -2.48. The van der Waals surface area contributed by atoms with Crippen LogP contribution in [0.2, 0.25) is 5.15 Å². The van der Waals surface area contributed by atoms with E-state index in [1.807, 2.05) is 0 Å². The summed E-state index contributed by atoms with van der Waals surface area (Å²) in [6.45, 7) is 0. The lowest BCUT2D eigenvalue weighted by Crippen LogP contribution is -2.28. The fourth-order valence-electron chi connectivity index (χ4n) is 1.64. The molecule has 0 atom stereocenters. The van der Waals surface area contributed by atoms with Gasteiger partial charge in [0.05, 0.1) is 11.4 Å². The number of benzene rings is 1. The van der Waals surface area contributed by atoms with Crippen molar-refractivity contribution in [1.29, 1.82) is 0 Å². The summed E-state index contributed by atoms with van der Waals surface area (Å²) < 4.78 is 51.4. The Labute approximate surface area is 126 Å². The summed E-state index contributed by atoms with van der Waals surface area (Å²) >= 11 is 5.63. The Morgan fingerprint density at radius 1 is 1.19 bits per heavy atom. The van der Waals surface area contributed by atoms with Gasteiger partial charge in [-0.15, -0.1) is 0 Å². The van der Waals surface area contributed by atoms with Crippen molar-refractivity contribution in [1.82, 2.24) is 4.98 Å². The second-order valence-electron chi connectivity index (χ2n) is 4.31. The van der Waals surface area contributed by atoms with Gasteiger partial charge in [0, 0.05) is 19.3 Å². The minimum atomic E-state index is -3.75. The van der Waals surface area contributed by atoms with E-state index in [0.29, 0.717) is 5.56 Å². The molecule has 2 rings (SSSR count). The number of anilines is 1. The summed E-state index contributed by atoms with van der Waals surface area (Å²) in [4.78, 5) is 3.79. The highest BCUT2D eigenvalue weighted by Crippen LogP contribution is 2.21. The Morgan fingerprint density at radius 3 is 2.48 bits per heavy atom. The molecule has 0 unspecified atom stereocenters. The van der Waals surface area contributed by atoms with Crippen LogP contribution < -0.4 is 4.31 Å². The number of rotatable bonds is 4. The van der Waals surface area contributed by atoms with Gasteiger partial charge in [-0.3, -0.25) is 4.31 Å². The van der Waals surface area contributed by atoms with Gasteiger partial charge in [0.1, 0.15) is 5.15 Å². The Hall–Kier alpha value is -1.73. The van der Waals surface area contributed by atoms with Crippen LogP contribution in [0.3, 0.4) is 0 Å². The van der Waals surface area contributed by atoms with Crippen molar-refractivity contribution >= 4 is 27.3 Å². The Morgan fingerprint density at radius 2 is 1.90 bits per heavy atom. The van der Waals surface area contributed by atoms with Crippen molar-refractivity contribution in [3.05, 3.63) is 58.9 Å². The van der Waals surface area contributed by atoms with E-state index in [2.05, 4.69) is 4.98 Å². The molecule has 0 N–H and O–H groups in total. The third-order valence-corrected chi connectivity index (χ3v) is 4.79. The van der Waals surface area contributed by atoms with Gasteiger partial charge >= 0.3 is 0 Å². The van der Waals surface area contributed by atoms with Gasteiger partial charge in [-0.05, 0) is 23.8 Å². The van der Waals surface area contributed by atoms with Gasteiger partial charge < -0.3 is 0 Å². The third-order valence-electron chi connectivity index (χ3n) is 2.82. The van der Waals surface area contributed by atoms with Crippen molar-refractivity contribution in [2.24, 2.45) is 0 Å². The number of hydrogen-bond acceptors (Lipinski definition) is 3. The minimum Gasteiger partial charge on any atom is -0.273 e. The molecule has 0 aliphatic heterocycles. The van der Waals surface area contributed by atoms with Gasteiger partial charge in [-0.25, -0.2) is 22.2 Å². The Kier molecular flexibility index (Phi) is 4.43. The Bertz CT molecular complexity index is 751.